The number of aromatic nitrogens is 4. The molecule has 0 saturated carbocycles. The molecule has 0 amide bonds. The molecule has 3 aromatic heterocycles. The Morgan fingerprint density at radius 1 is 0.360 bits per heavy atom. The lowest BCUT2D eigenvalue weighted by Crippen LogP contribution is -2.00. The van der Waals surface area contributed by atoms with E-state index >= 15 is 0 Å². The van der Waals surface area contributed by atoms with E-state index in [1.165, 1.54) is 30.4 Å². The summed E-state index contributed by atoms with van der Waals surface area (Å²) in [6.07, 6.45) is 0. The quantitative estimate of drug-likeness (QED) is 0.182. The van der Waals surface area contributed by atoms with E-state index in [0.717, 1.165) is 49.1 Å². The predicted molar refractivity (Wildman–Crippen MR) is 211 cm³/mol. The molecule has 0 N–H and O–H groups in total. The van der Waals surface area contributed by atoms with Gasteiger partial charge in [-0.15, -0.1) is 22.7 Å². The Bertz CT molecular complexity index is 2800. The first-order valence-corrected chi connectivity index (χ1v) is 18.1. The molecule has 50 heavy (non-hydrogen) atoms. The lowest BCUT2D eigenvalue weighted by molar-refractivity contribution is 1.07. The van der Waals surface area contributed by atoms with Gasteiger partial charge in [-0.2, -0.15) is 0 Å². The van der Waals surface area contributed by atoms with Gasteiger partial charge < -0.3 is 0 Å². The molecule has 0 atom stereocenters. The molecule has 0 spiro atoms. The van der Waals surface area contributed by atoms with E-state index in [2.05, 4.69) is 97.1 Å². The monoisotopic (exact) mass is 674 g/mol. The summed E-state index contributed by atoms with van der Waals surface area (Å²) in [4.78, 5) is 20.1. The van der Waals surface area contributed by atoms with Gasteiger partial charge in [0, 0.05) is 48.0 Å². The zero-order valence-corrected chi connectivity index (χ0v) is 28.2. The van der Waals surface area contributed by atoms with Crippen molar-refractivity contribution in [3.8, 4) is 55.9 Å². The average Bonchev–Trinajstić information content (AvgIpc) is 3.79. The van der Waals surface area contributed by atoms with Gasteiger partial charge in [0.05, 0.1) is 10.2 Å². The smallest absolute Gasteiger partial charge is 0.164 e. The summed E-state index contributed by atoms with van der Waals surface area (Å²) < 4.78 is 3.77. The molecular formula is C44H26N4S2. The Morgan fingerprint density at radius 2 is 0.900 bits per heavy atom. The van der Waals surface area contributed by atoms with Crippen LogP contribution in [0.2, 0.25) is 0 Å². The second kappa shape index (κ2) is 11.8. The average molecular weight is 675 g/mol. The van der Waals surface area contributed by atoms with Crippen molar-refractivity contribution in [3.63, 3.8) is 0 Å². The number of hydrogen-bond acceptors (Lipinski definition) is 6. The molecule has 10 rings (SSSR count). The van der Waals surface area contributed by atoms with Crippen molar-refractivity contribution >= 4 is 63.8 Å². The third-order valence-corrected chi connectivity index (χ3v) is 11.3. The molecule has 0 radical (unpaired) electrons. The highest BCUT2D eigenvalue weighted by molar-refractivity contribution is 7.27. The van der Waals surface area contributed by atoms with Crippen LogP contribution in [0.25, 0.3) is 97.0 Å². The second-order valence-electron chi connectivity index (χ2n) is 12.3. The topological polar surface area (TPSA) is 51.6 Å². The number of thiazole rings is 1. The molecule has 0 aliphatic rings. The highest BCUT2D eigenvalue weighted by atomic mass is 32.1. The van der Waals surface area contributed by atoms with Crippen LogP contribution in [0.4, 0.5) is 0 Å². The Balaban J connectivity index is 1.14. The fraction of sp³-hybridized carbons (Fsp3) is 0. The molecule has 0 fully saturated rings. The summed E-state index contributed by atoms with van der Waals surface area (Å²) in [5.74, 6) is 1.96. The summed E-state index contributed by atoms with van der Waals surface area (Å²) in [5, 5.41) is 5.85. The fourth-order valence-corrected chi connectivity index (χ4v) is 8.98. The molecule has 4 nitrogen and oxygen atoms in total. The van der Waals surface area contributed by atoms with Gasteiger partial charge in [-0.3, -0.25) is 0 Å². The largest absolute Gasteiger partial charge is 0.235 e. The third kappa shape index (κ3) is 4.96. The fourth-order valence-electron chi connectivity index (χ4n) is 6.73. The number of benzene rings is 7. The zero-order valence-electron chi connectivity index (χ0n) is 26.6. The van der Waals surface area contributed by atoms with Crippen molar-refractivity contribution in [2.24, 2.45) is 0 Å². The highest BCUT2D eigenvalue weighted by Gasteiger charge is 2.20. The SMILES string of the molecule is c1ccc(-c2nc(-c3ccccc3)nc(-c3ccc4cc(-c5c6nc(-c7ccccc7)sc6cc6sc7ccccc7c56)ccc4c3)n2)cc1. The standard InChI is InChI=1S/C44H26N4S2/c1-4-12-27(13-5-1)41-46-42(28-14-6-2-7-15-28)48-43(47-41)33-23-21-30-24-32(22-20-31(30)25-33)38-39-34-18-10-11-19-35(34)49-36(39)26-37-40(38)45-44(50-37)29-16-8-3-9-17-29/h1-26H. The maximum absolute atomic E-state index is 5.30. The molecule has 10 aromatic rings. The molecule has 0 aliphatic heterocycles. The Kier molecular flexibility index (Phi) is 6.82. The summed E-state index contributed by atoms with van der Waals surface area (Å²) in [6, 6.07) is 55.0. The van der Waals surface area contributed by atoms with E-state index in [0.29, 0.717) is 17.5 Å². The Morgan fingerprint density at radius 3 is 1.56 bits per heavy atom. The number of fused-ring (bicyclic) bond motifs is 5. The molecule has 0 aliphatic carbocycles. The van der Waals surface area contributed by atoms with E-state index < -0.39 is 0 Å². The lowest BCUT2D eigenvalue weighted by atomic mass is 9.95. The van der Waals surface area contributed by atoms with Crippen LogP contribution >= 0.6 is 22.7 Å². The minimum Gasteiger partial charge on any atom is -0.235 e. The highest BCUT2D eigenvalue weighted by Crippen LogP contribution is 2.46. The molecule has 234 valence electrons. The van der Waals surface area contributed by atoms with Crippen molar-refractivity contribution in [3.05, 3.63) is 158 Å². The van der Waals surface area contributed by atoms with Crippen LogP contribution in [0, 0.1) is 0 Å². The normalized spacial score (nSPS) is 11.6. The van der Waals surface area contributed by atoms with E-state index in [9.17, 15) is 0 Å². The summed E-state index contributed by atoms with van der Waals surface area (Å²) >= 11 is 3.62. The molecule has 0 bridgehead atoms. The van der Waals surface area contributed by atoms with Gasteiger partial charge in [0.15, 0.2) is 17.5 Å². The van der Waals surface area contributed by atoms with Crippen LogP contribution in [0.3, 0.4) is 0 Å². The molecular weight excluding hydrogens is 649 g/mol. The van der Waals surface area contributed by atoms with Crippen LogP contribution in [0.5, 0.6) is 0 Å². The van der Waals surface area contributed by atoms with Crippen molar-refractivity contribution in [1.29, 1.82) is 0 Å². The first kappa shape index (κ1) is 28.9. The van der Waals surface area contributed by atoms with Crippen LogP contribution in [-0.4, -0.2) is 19.9 Å². The van der Waals surface area contributed by atoms with Gasteiger partial charge in [0.1, 0.15) is 5.01 Å². The number of rotatable bonds is 5. The van der Waals surface area contributed by atoms with E-state index in [1.54, 1.807) is 11.3 Å². The predicted octanol–water partition coefficient (Wildman–Crippen LogP) is 12.3. The Hall–Kier alpha value is -6.08. The molecule has 0 saturated heterocycles. The van der Waals surface area contributed by atoms with Crippen LogP contribution in [0.15, 0.2) is 158 Å². The minimum absolute atomic E-state index is 0.649. The first-order valence-electron chi connectivity index (χ1n) is 16.5. The Labute approximate surface area is 296 Å². The molecule has 6 heteroatoms. The van der Waals surface area contributed by atoms with E-state index in [-0.39, 0.29) is 0 Å². The number of hydrogen-bond donors (Lipinski definition) is 0. The van der Waals surface area contributed by atoms with E-state index in [1.807, 2.05) is 72.0 Å². The minimum atomic E-state index is 0.649. The van der Waals surface area contributed by atoms with Crippen molar-refractivity contribution in [2.45, 2.75) is 0 Å². The van der Waals surface area contributed by atoms with Crippen molar-refractivity contribution < 1.29 is 0 Å². The molecule has 0 unspecified atom stereocenters. The van der Waals surface area contributed by atoms with Gasteiger partial charge in [0.25, 0.3) is 0 Å². The number of nitrogens with zero attached hydrogens (tertiary/aromatic N) is 4. The van der Waals surface area contributed by atoms with Crippen LogP contribution in [-0.2, 0) is 0 Å². The third-order valence-electron chi connectivity index (χ3n) is 9.13. The van der Waals surface area contributed by atoms with Crippen molar-refractivity contribution in [1.82, 2.24) is 19.9 Å². The van der Waals surface area contributed by atoms with Gasteiger partial charge in [-0.25, -0.2) is 19.9 Å². The molecule has 7 aromatic carbocycles. The van der Waals surface area contributed by atoms with Gasteiger partial charge >= 0.3 is 0 Å². The summed E-state index contributed by atoms with van der Waals surface area (Å²) in [7, 11) is 0. The molecule has 3 heterocycles. The van der Waals surface area contributed by atoms with Gasteiger partial charge in [-0.1, -0.05) is 133 Å². The number of thiophene rings is 1. The summed E-state index contributed by atoms with van der Waals surface area (Å²) in [5.41, 5.74) is 7.40. The van der Waals surface area contributed by atoms with Crippen LogP contribution in [0.1, 0.15) is 0 Å². The maximum atomic E-state index is 5.30. The van der Waals surface area contributed by atoms with Gasteiger partial charge in [-0.05, 0) is 40.6 Å². The van der Waals surface area contributed by atoms with Crippen LogP contribution < -0.4 is 0 Å². The van der Waals surface area contributed by atoms with Gasteiger partial charge in [0.2, 0.25) is 0 Å². The maximum Gasteiger partial charge on any atom is 0.164 e. The van der Waals surface area contributed by atoms with Crippen molar-refractivity contribution in [2.75, 3.05) is 0 Å². The lowest BCUT2D eigenvalue weighted by Gasteiger charge is -2.11. The van der Waals surface area contributed by atoms with E-state index in [4.69, 9.17) is 19.9 Å². The zero-order chi connectivity index (χ0) is 33.0. The summed E-state index contributed by atoms with van der Waals surface area (Å²) in [6.45, 7) is 0. The second-order valence-corrected chi connectivity index (χ2v) is 14.4. The first-order chi connectivity index (χ1) is 24.7.